The van der Waals surface area contributed by atoms with Gasteiger partial charge < -0.3 is 16.2 Å². The topological polar surface area (TPSA) is 135 Å². The smallest absolute Gasteiger partial charge is 0.325 e. The van der Waals surface area contributed by atoms with Crippen molar-refractivity contribution < 1.29 is 19.5 Å². The number of carboxylic acid groups (broad SMARTS) is 1. The molecule has 4 N–H and O–H groups in total. The summed E-state index contributed by atoms with van der Waals surface area (Å²) in [7, 11) is 0. The lowest BCUT2D eigenvalue weighted by Crippen LogP contribution is -2.48. The normalized spacial score (nSPS) is 12.5. The van der Waals surface area contributed by atoms with Crippen LogP contribution in [0.5, 0.6) is 0 Å². The molecule has 0 fully saturated rings. The van der Waals surface area contributed by atoms with Gasteiger partial charge in [0.1, 0.15) is 6.04 Å². The number of nitrogens with two attached hydrogens (primary N) is 1. The average molecular weight is 489 g/mol. The number of aromatic nitrogens is 2. The number of unbranched alkanes of at least 4 members (excludes halogenated alkanes) is 2. The Morgan fingerprint density at radius 2 is 1.53 bits per heavy atom. The van der Waals surface area contributed by atoms with Gasteiger partial charge in [0.15, 0.2) is 11.6 Å². The second kappa shape index (κ2) is 12.7. The van der Waals surface area contributed by atoms with Gasteiger partial charge in [0.05, 0.1) is 6.04 Å². The summed E-state index contributed by atoms with van der Waals surface area (Å²) < 4.78 is 0. The molecule has 0 aliphatic heterocycles. The molecule has 188 valence electrons. The summed E-state index contributed by atoms with van der Waals surface area (Å²) in [5.74, 6) is -0.899. The second-order valence-corrected chi connectivity index (χ2v) is 8.83. The van der Waals surface area contributed by atoms with Crippen molar-refractivity contribution in [2.24, 2.45) is 5.73 Å². The van der Waals surface area contributed by atoms with Crippen molar-refractivity contribution >= 4 is 17.7 Å². The molecule has 0 saturated heterocycles. The lowest BCUT2D eigenvalue weighted by Gasteiger charge is -2.15. The third kappa shape index (κ3) is 7.29. The highest BCUT2D eigenvalue weighted by molar-refractivity contribution is 5.96. The first-order chi connectivity index (χ1) is 17.3. The summed E-state index contributed by atoms with van der Waals surface area (Å²) in [4.78, 5) is 44.2. The van der Waals surface area contributed by atoms with Crippen LogP contribution in [0.15, 0.2) is 60.9 Å². The number of carboxylic acids is 1. The molecule has 1 amide bonds. The highest BCUT2D eigenvalue weighted by Gasteiger charge is 2.19. The Hall–Kier alpha value is -3.91. The monoisotopic (exact) mass is 488 g/mol. The number of Topliss-reactive ketones (excluding diaryl/α,β-unsaturated/α-hetero) is 1. The minimum Gasteiger partial charge on any atom is -0.480 e. The molecular weight excluding hydrogens is 456 g/mol. The van der Waals surface area contributed by atoms with Gasteiger partial charge in [-0.2, -0.15) is 0 Å². The summed E-state index contributed by atoms with van der Waals surface area (Å²) >= 11 is 0. The predicted molar refractivity (Wildman–Crippen MR) is 138 cm³/mol. The van der Waals surface area contributed by atoms with Crippen molar-refractivity contribution in [1.29, 1.82) is 0 Å². The number of hydrogen-bond acceptors (Lipinski definition) is 6. The first-order valence-corrected chi connectivity index (χ1v) is 12.1. The van der Waals surface area contributed by atoms with Gasteiger partial charge in [-0.1, -0.05) is 68.3 Å². The van der Waals surface area contributed by atoms with Crippen LogP contribution in [0.1, 0.15) is 55.5 Å². The first kappa shape index (κ1) is 26.7. The van der Waals surface area contributed by atoms with Gasteiger partial charge in [-0.25, -0.2) is 9.97 Å². The van der Waals surface area contributed by atoms with Gasteiger partial charge in [-0.3, -0.25) is 14.4 Å². The molecule has 8 nitrogen and oxygen atoms in total. The van der Waals surface area contributed by atoms with Crippen molar-refractivity contribution in [3.63, 3.8) is 0 Å². The summed E-state index contributed by atoms with van der Waals surface area (Å²) in [6.07, 6.45) is 7.42. The van der Waals surface area contributed by atoms with Crippen LogP contribution < -0.4 is 11.1 Å². The van der Waals surface area contributed by atoms with Gasteiger partial charge in [0.2, 0.25) is 5.91 Å². The van der Waals surface area contributed by atoms with E-state index in [1.807, 2.05) is 48.5 Å². The van der Waals surface area contributed by atoms with E-state index in [4.69, 9.17) is 10.8 Å². The summed E-state index contributed by atoms with van der Waals surface area (Å²) in [6.45, 7) is 3.51. The zero-order chi connectivity index (χ0) is 26.1. The second-order valence-electron chi connectivity index (χ2n) is 8.83. The van der Waals surface area contributed by atoms with Crippen LogP contribution in [0.3, 0.4) is 0 Å². The Bertz CT molecular complexity index is 1180. The molecule has 1 heterocycles. The first-order valence-electron chi connectivity index (χ1n) is 12.1. The number of ketones is 1. The van der Waals surface area contributed by atoms with Crippen molar-refractivity contribution in [2.45, 2.75) is 58.0 Å². The largest absolute Gasteiger partial charge is 0.480 e. The summed E-state index contributed by atoms with van der Waals surface area (Å²) in [6, 6.07) is 13.1. The maximum atomic E-state index is 12.3. The van der Waals surface area contributed by atoms with E-state index >= 15 is 0 Å². The third-order valence-electron chi connectivity index (χ3n) is 5.93. The average Bonchev–Trinajstić information content (AvgIpc) is 2.89. The zero-order valence-electron chi connectivity index (χ0n) is 20.6. The van der Waals surface area contributed by atoms with Gasteiger partial charge >= 0.3 is 5.97 Å². The molecule has 0 radical (unpaired) electrons. The zero-order valence-corrected chi connectivity index (χ0v) is 20.6. The summed E-state index contributed by atoms with van der Waals surface area (Å²) in [5, 5.41) is 11.3. The van der Waals surface area contributed by atoms with E-state index in [-0.39, 0.29) is 12.2 Å². The van der Waals surface area contributed by atoms with Crippen LogP contribution >= 0.6 is 0 Å². The van der Waals surface area contributed by atoms with Gasteiger partial charge in [0, 0.05) is 35.5 Å². The number of aliphatic carboxylic acids is 1. The van der Waals surface area contributed by atoms with Crippen LogP contribution in [0, 0.1) is 0 Å². The molecule has 0 aliphatic carbocycles. The molecule has 2 atom stereocenters. The molecule has 0 bridgehead atoms. The number of carbonyl (C=O) groups excluding carboxylic acids is 2. The SMILES string of the molecule is CCCCCC(=O)c1ccc(-c2cnc(-c3ccc(C[C@H](N)C(=O)N[C@H](C)C(=O)O)cc3)nc2)cc1. The molecule has 2 aromatic carbocycles. The lowest BCUT2D eigenvalue weighted by atomic mass is 10.0. The molecular formula is C28H32N4O4. The van der Waals surface area contributed by atoms with E-state index in [0.717, 1.165) is 47.1 Å². The van der Waals surface area contributed by atoms with Crippen molar-refractivity contribution in [3.8, 4) is 22.5 Å². The molecule has 0 unspecified atom stereocenters. The molecule has 0 aliphatic rings. The minimum atomic E-state index is -1.11. The molecule has 8 heteroatoms. The number of rotatable bonds is 12. The van der Waals surface area contributed by atoms with Crippen LogP contribution in [-0.4, -0.2) is 44.8 Å². The van der Waals surface area contributed by atoms with Crippen LogP contribution in [0.2, 0.25) is 0 Å². The molecule has 0 spiro atoms. The fraction of sp³-hybridized carbons (Fsp3) is 0.321. The number of nitrogens with zero attached hydrogens (tertiary/aromatic N) is 2. The Balaban J connectivity index is 1.60. The standard InChI is InChI=1S/C28H32N4O4/c1-3-4-5-6-25(33)21-13-11-20(12-14-21)23-16-30-26(31-17-23)22-9-7-19(8-10-22)15-24(29)27(34)32-18(2)28(35)36/h7-14,16-18,24H,3-6,15,29H2,1-2H3,(H,32,34)(H,35,36)/t18-,24+/m1/s1. The minimum absolute atomic E-state index is 0.168. The highest BCUT2D eigenvalue weighted by atomic mass is 16.4. The number of amides is 1. The van der Waals surface area contributed by atoms with Gasteiger partial charge in [-0.05, 0) is 30.9 Å². The van der Waals surface area contributed by atoms with E-state index in [0.29, 0.717) is 12.2 Å². The lowest BCUT2D eigenvalue weighted by molar-refractivity contribution is -0.141. The van der Waals surface area contributed by atoms with Crippen LogP contribution in [0.25, 0.3) is 22.5 Å². The van der Waals surface area contributed by atoms with Crippen molar-refractivity contribution in [1.82, 2.24) is 15.3 Å². The van der Waals surface area contributed by atoms with Gasteiger partial charge in [0.25, 0.3) is 0 Å². The molecule has 1 aromatic heterocycles. The maximum absolute atomic E-state index is 12.3. The Kier molecular flexibility index (Phi) is 9.41. The number of nitrogens with one attached hydrogen (secondary N) is 1. The van der Waals surface area contributed by atoms with E-state index in [1.54, 1.807) is 12.4 Å². The van der Waals surface area contributed by atoms with Crippen molar-refractivity contribution in [2.75, 3.05) is 0 Å². The fourth-order valence-electron chi connectivity index (χ4n) is 3.67. The molecule has 3 rings (SSSR count). The quantitative estimate of drug-likeness (QED) is 0.259. The number of hydrogen-bond donors (Lipinski definition) is 3. The van der Waals surface area contributed by atoms with Crippen LogP contribution in [0.4, 0.5) is 0 Å². The fourth-order valence-corrected chi connectivity index (χ4v) is 3.67. The van der Waals surface area contributed by atoms with E-state index in [1.165, 1.54) is 6.92 Å². The van der Waals surface area contributed by atoms with E-state index in [2.05, 4.69) is 22.2 Å². The van der Waals surface area contributed by atoms with Crippen LogP contribution in [-0.2, 0) is 16.0 Å². The highest BCUT2D eigenvalue weighted by Crippen LogP contribution is 2.22. The number of benzene rings is 2. The van der Waals surface area contributed by atoms with E-state index in [9.17, 15) is 14.4 Å². The predicted octanol–water partition coefficient (Wildman–Crippen LogP) is 4.03. The Labute approximate surface area is 211 Å². The Morgan fingerprint density at radius 1 is 0.917 bits per heavy atom. The summed E-state index contributed by atoms with van der Waals surface area (Å²) in [5.41, 5.74) is 10.1. The molecule has 36 heavy (non-hydrogen) atoms. The third-order valence-corrected chi connectivity index (χ3v) is 5.93. The van der Waals surface area contributed by atoms with Crippen molar-refractivity contribution in [3.05, 3.63) is 72.1 Å². The van der Waals surface area contributed by atoms with Gasteiger partial charge in [-0.15, -0.1) is 0 Å². The Morgan fingerprint density at radius 3 is 2.11 bits per heavy atom. The molecule has 0 saturated carbocycles. The molecule has 3 aromatic rings. The van der Waals surface area contributed by atoms with E-state index < -0.39 is 24.0 Å². The maximum Gasteiger partial charge on any atom is 0.325 e. The number of carbonyl (C=O) groups is 3.